The van der Waals surface area contributed by atoms with Crippen LogP contribution in [0.5, 0.6) is 0 Å². The zero-order valence-electron chi connectivity index (χ0n) is 9.59. The molecule has 0 aliphatic heterocycles. The summed E-state index contributed by atoms with van der Waals surface area (Å²) in [6, 6.07) is 5.25. The molecule has 0 aliphatic carbocycles. The van der Waals surface area contributed by atoms with Crippen LogP contribution in [0.25, 0.3) is 0 Å². The number of oxime groups is 1. The van der Waals surface area contributed by atoms with E-state index in [9.17, 15) is 5.11 Å². The molecule has 1 rings (SSSR count). The molecule has 4 nitrogen and oxygen atoms in total. The van der Waals surface area contributed by atoms with Crippen LogP contribution in [0.4, 0.5) is 0 Å². The summed E-state index contributed by atoms with van der Waals surface area (Å²) in [5.74, 6) is -0.0184. The Bertz CT molecular complexity index is 424. The van der Waals surface area contributed by atoms with E-state index in [1.54, 1.807) is 19.1 Å². The lowest BCUT2D eigenvalue weighted by Crippen LogP contribution is -2.15. The zero-order valence-corrected chi connectivity index (χ0v) is 11.2. The summed E-state index contributed by atoms with van der Waals surface area (Å²) < 4.78 is 0. The monoisotopic (exact) mass is 274 g/mol. The maximum absolute atomic E-state index is 9.41. The van der Waals surface area contributed by atoms with Crippen LogP contribution >= 0.6 is 23.4 Å². The number of thioether (sulfide) groups is 1. The molecule has 1 aromatic rings. The second kappa shape index (κ2) is 6.14. The van der Waals surface area contributed by atoms with Crippen LogP contribution in [0.15, 0.2) is 28.3 Å². The van der Waals surface area contributed by atoms with Gasteiger partial charge in [-0.3, -0.25) is 0 Å². The first-order chi connectivity index (χ1) is 7.95. The molecule has 0 heterocycles. The predicted molar refractivity (Wildman–Crippen MR) is 71.0 cm³/mol. The second-order valence-electron chi connectivity index (χ2n) is 3.69. The van der Waals surface area contributed by atoms with Gasteiger partial charge in [0.05, 0.1) is 11.1 Å². The number of aliphatic hydroxyl groups excluding tert-OH is 1. The number of nitrogens with zero attached hydrogens (tertiary/aromatic N) is 1. The van der Waals surface area contributed by atoms with Crippen LogP contribution in [-0.2, 0) is 0 Å². The molecule has 0 spiro atoms. The first-order valence-electron chi connectivity index (χ1n) is 5.08. The number of aliphatic hydroxyl groups is 1. The Labute approximate surface area is 109 Å². The van der Waals surface area contributed by atoms with E-state index in [0.29, 0.717) is 10.6 Å². The topological polar surface area (TPSA) is 78.8 Å². The molecule has 0 radical (unpaired) electrons. The van der Waals surface area contributed by atoms with E-state index in [1.807, 2.05) is 13.0 Å². The Kier molecular flexibility index (Phi) is 5.11. The van der Waals surface area contributed by atoms with E-state index >= 15 is 0 Å². The van der Waals surface area contributed by atoms with Gasteiger partial charge in [-0.2, -0.15) is 0 Å². The second-order valence-corrected chi connectivity index (χ2v) is 5.55. The van der Waals surface area contributed by atoms with E-state index in [0.717, 1.165) is 4.90 Å². The van der Waals surface area contributed by atoms with Crippen LogP contribution in [0, 0.1) is 0 Å². The molecule has 17 heavy (non-hydrogen) atoms. The van der Waals surface area contributed by atoms with Crippen molar-refractivity contribution in [1.82, 2.24) is 0 Å². The summed E-state index contributed by atoms with van der Waals surface area (Å²) in [5, 5.41) is 21.4. The highest BCUT2D eigenvalue weighted by molar-refractivity contribution is 8.00. The standard InChI is InChI=1S/C11H15ClN2O2S/c1-6(15)7(2)17-8-3-4-9(10(12)5-8)11(13)14-16/h3-7,15-16H,1-2H3,(H2,13,14). The number of hydrogen-bond acceptors (Lipinski definition) is 4. The molecule has 2 unspecified atom stereocenters. The highest BCUT2D eigenvalue weighted by Crippen LogP contribution is 2.29. The average molecular weight is 275 g/mol. The minimum atomic E-state index is -0.400. The Morgan fingerprint density at radius 3 is 2.59 bits per heavy atom. The molecule has 94 valence electrons. The molecular weight excluding hydrogens is 260 g/mol. The van der Waals surface area contributed by atoms with Gasteiger partial charge in [0, 0.05) is 15.7 Å². The number of halogens is 1. The van der Waals surface area contributed by atoms with Crippen molar-refractivity contribution in [3.05, 3.63) is 28.8 Å². The smallest absolute Gasteiger partial charge is 0.171 e. The van der Waals surface area contributed by atoms with E-state index < -0.39 is 6.10 Å². The van der Waals surface area contributed by atoms with Crippen molar-refractivity contribution in [1.29, 1.82) is 0 Å². The highest BCUT2D eigenvalue weighted by atomic mass is 35.5. The number of rotatable bonds is 4. The summed E-state index contributed by atoms with van der Waals surface area (Å²) in [7, 11) is 0. The van der Waals surface area contributed by atoms with E-state index in [2.05, 4.69) is 5.16 Å². The summed E-state index contributed by atoms with van der Waals surface area (Å²) in [5.41, 5.74) is 5.95. The van der Waals surface area contributed by atoms with Crippen LogP contribution in [0.3, 0.4) is 0 Å². The highest BCUT2D eigenvalue weighted by Gasteiger charge is 2.12. The summed E-state index contributed by atoms with van der Waals surface area (Å²) in [6.45, 7) is 3.67. The predicted octanol–water partition coefficient (Wildman–Crippen LogP) is 2.30. The largest absolute Gasteiger partial charge is 0.409 e. The molecule has 0 aromatic heterocycles. The van der Waals surface area contributed by atoms with Gasteiger partial charge in [-0.25, -0.2) is 0 Å². The lowest BCUT2D eigenvalue weighted by Gasteiger charge is -2.14. The van der Waals surface area contributed by atoms with Gasteiger partial charge in [-0.1, -0.05) is 23.7 Å². The van der Waals surface area contributed by atoms with Gasteiger partial charge >= 0.3 is 0 Å². The molecule has 6 heteroatoms. The normalized spacial score (nSPS) is 15.6. The molecule has 0 aliphatic rings. The van der Waals surface area contributed by atoms with Crippen molar-refractivity contribution in [3.8, 4) is 0 Å². The molecule has 0 amide bonds. The van der Waals surface area contributed by atoms with Gasteiger partial charge in [0.15, 0.2) is 5.84 Å². The van der Waals surface area contributed by atoms with Crippen LogP contribution in [0.1, 0.15) is 19.4 Å². The SMILES string of the molecule is CC(O)C(C)Sc1ccc(/C(N)=N/O)c(Cl)c1. The van der Waals surface area contributed by atoms with Crippen molar-refractivity contribution < 1.29 is 10.3 Å². The van der Waals surface area contributed by atoms with Crippen molar-refractivity contribution in [2.45, 2.75) is 30.1 Å². The summed E-state index contributed by atoms with van der Waals surface area (Å²) in [4.78, 5) is 0.929. The number of benzene rings is 1. The molecule has 4 N–H and O–H groups in total. The molecular formula is C11H15ClN2O2S. The first kappa shape index (κ1) is 14.2. The molecule has 0 bridgehead atoms. The number of amidine groups is 1. The Balaban J connectivity index is 2.90. The van der Waals surface area contributed by atoms with Crippen molar-refractivity contribution in [2.75, 3.05) is 0 Å². The van der Waals surface area contributed by atoms with Gasteiger partial charge < -0.3 is 16.0 Å². The molecule has 2 atom stereocenters. The number of hydrogen-bond donors (Lipinski definition) is 3. The van der Waals surface area contributed by atoms with Gasteiger partial charge in [-0.05, 0) is 25.1 Å². The maximum atomic E-state index is 9.41. The van der Waals surface area contributed by atoms with Crippen LogP contribution < -0.4 is 5.73 Å². The molecule has 0 fully saturated rings. The number of nitrogens with two attached hydrogens (primary N) is 1. The molecule has 1 aromatic carbocycles. The van der Waals surface area contributed by atoms with Crippen molar-refractivity contribution in [3.63, 3.8) is 0 Å². The minimum Gasteiger partial charge on any atom is -0.409 e. The zero-order chi connectivity index (χ0) is 13.0. The Morgan fingerprint density at radius 2 is 2.12 bits per heavy atom. The average Bonchev–Trinajstić information content (AvgIpc) is 2.28. The third kappa shape index (κ3) is 3.80. The van der Waals surface area contributed by atoms with Gasteiger partial charge in [0.2, 0.25) is 0 Å². The Hall–Kier alpha value is -0.910. The van der Waals surface area contributed by atoms with E-state index in [1.165, 1.54) is 11.8 Å². The van der Waals surface area contributed by atoms with Gasteiger partial charge in [-0.15, -0.1) is 11.8 Å². The summed E-state index contributed by atoms with van der Waals surface area (Å²) in [6.07, 6.45) is -0.400. The lowest BCUT2D eigenvalue weighted by atomic mass is 10.2. The fourth-order valence-electron chi connectivity index (χ4n) is 1.14. The van der Waals surface area contributed by atoms with E-state index in [-0.39, 0.29) is 11.1 Å². The van der Waals surface area contributed by atoms with Crippen molar-refractivity contribution in [2.24, 2.45) is 10.9 Å². The maximum Gasteiger partial charge on any atom is 0.171 e. The van der Waals surface area contributed by atoms with Gasteiger partial charge in [0.1, 0.15) is 0 Å². The fourth-order valence-corrected chi connectivity index (χ4v) is 2.44. The Morgan fingerprint density at radius 1 is 1.47 bits per heavy atom. The van der Waals surface area contributed by atoms with Crippen LogP contribution in [-0.4, -0.2) is 27.5 Å². The summed E-state index contributed by atoms with van der Waals surface area (Å²) >= 11 is 7.53. The molecule has 0 saturated heterocycles. The van der Waals surface area contributed by atoms with E-state index in [4.69, 9.17) is 22.5 Å². The van der Waals surface area contributed by atoms with Gasteiger partial charge in [0.25, 0.3) is 0 Å². The first-order valence-corrected chi connectivity index (χ1v) is 6.33. The van der Waals surface area contributed by atoms with Crippen LogP contribution in [0.2, 0.25) is 5.02 Å². The molecule has 0 saturated carbocycles. The third-order valence-electron chi connectivity index (χ3n) is 2.33. The minimum absolute atomic E-state index is 0.0184. The van der Waals surface area contributed by atoms with Crippen molar-refractivity contribution >= 4 is 29.2 Å². The lowest BCUT2D eigenvalue weighted by molar-refractivity contribution is 0.196. The third-order valence-corrected chi connectivity index (χ3v) is 3.93. The fraction of sp³-hybridized carbons (Fsp3) is 0.364. The quantitative estimate of drug-likeness (QED) is 0.259.